The molecule has 4 heteroatoms. The minimum atomic E-state index is 0.197. The number of hydrogen-bond donors (Lipinski definition) is 2. The summed E-state index contributed by atoms with van der Waals surface area (Å²) >= 11 is 0. The maximum absolute atomic E-state index is 6.03. The highest BCUT2D eigenvalue weighted by molar-refractivity contribution is 5.78. The van der Waals surface area contributed by atoms with Gasteiger partial charge in [-0.1, -0.05) is 45.4 Å². The monoisotopic (exact) mass is 303 g/mol. The Morgan fingerprint density at radius 1 is 1.32 bits per heavy atom. The molecule has 0 aromatic heterocycles. The zero-order valence-corrected chi connectivity index (χ0v) is 14.1. The first-order valence-electron chi connectivity index (χ1n) is 8.24. The van der Waals surface area contributed by atoms with Gasteiger partial charge in [0.05, 0.1) is 12.6 Å². The van der Waals surface area contributed by atoms with Crippen LogP contribution in [-0.2, 0) is 0 Å². The fraction of sp³-hybridized carbons (Fsp3) is 0.611. The molecule has 0 aliphatic carbocycles. The van der Waals surface area contributed by atoms with Crippen molar-refractivity contribution in [3.8, 4) is 5.75 Å². The first-order valence-corrected chi connectivity index (χ1v) is 8.24. The van der Waals surface area contributed by atoms with Crippen molar-refractivity contribution in [1.82, 2.24) is 5.32 Å². The van der Waals surface area contributed by atoms with Crippen LogP contribution in [0.15, 0.2) is 29.3 Å². The van der Waals surface area contributed by atoms with Crippen molar-refractivity contribution in [2.75, 3.05) is 13.2 Å². The number of hydrogen-bond acceptors (Lipinski definition) is 2. The third-order valence-corrected chi connectivity index (χ3v) is 3.90. The van der Waals surface area contributed by atoms with Crippen LogP contribution in [0.4, 0.5) is 0 Å². The summed E-state index contributed by atoms with van der Waals surface area (Å²) in [5, 5.41) is 3.33. The van der Waals surface area contributed by atoms with E-state index in [1.165, 1.54) is 18.4 Å². The molecule has 1 unspecified atom stereocenters. The van der Waals surface area contributed by atoms with E-state index in [1.54, 1.807) is 0 Å². The fourth-order valence-corrected chi connectivity index (χ4v) is 2.68. The number of benzene rings is 1. The number of ether oxygens (including phenoxy) is 1. The lowest BCUT2D eigenvalue weighted by molar-refractivity contribution is 0.262. The van der Waals surface area contributed by atoms with Gasteiger partial charge in [0.15, 0.2) is 5.96 Å². The predicted molar refractivity (Wildman–Crippen MR) is 92.2 cm³/mol. The van der Waals surface area contributed by atoms with E-state index >= 15 is 0 Å². The van der Waals surface area contributed by atoms with Gasteiger partial charge in [-0.15, -0.1) is 0 Å². The van der Waals surface area contributed by atoms with Crippen molar-refractivity contribution in [1.29, 1.82) is 0 Å². The Morgan fingerprint density at radius 2 is 2.09 bits per heavy atom. The molecular weight excluding hydrogens is 274 g/mol. The summed E-state index contributed by atoms with van der Waals surface area (Å²) in [7, 11) is 0. The molecule has 1 atom stereocenters. The highest BCUT2D eigenvalue weighted by Crippen LogP contribution is 2.31. The molecule has 1 aromatic carbocycles. The van der Waals surface area contributed by atoms with Gasteiger partial charge in [-0.05, 0) is 24.3 Å². The number of rotatable bonds is 5. The van der Waals surface area contributed by atoms with Crippen molar-refractivity contribution in [3.05, 3.63) is 29.8 Å². The summed E-state index contributed by atoms with van der Waals surface area (Å²) in [6, 6.07) is 8.31. The van der Waals surface area contributed by atoms with Crippen molar-refractivity contribution in [2.45, 2.75) is 52.5 Å². The number of fused-ring (bicyclic) bond motifs is 1. The third kappa shape index (κ3) is 5.24. The number of nitrogens with zero attached hydrogens (tertiary/aromatic N) is 1. The van der Waals surface area contributed by atoms with E-state index in [9.17, 15) is 0 Å². The fourth-order valence-electron chi connectivity index (χ4n) is 2.68. The first-order chi connectivity index (χ1) is 10.5. The average Bonchev–Trinajstić information content (AvgIpc) is 2.46. The van der Waals surface area contributed by atoms with E-state index in [1.807, 2.05) is 18.2 Å². The van der Waals surface area contributed by atoms with Crippen molar-refractivity contribution >= 4 is 5.96 Å². The molecule has 0 bridgehead atoms. The SMILES string of the molecule is CC(C)(C)CCCCN=C(N)NC1CCOc2ccccc21. The van der Waals surface area contributed by atoms with Gasteiger partial charge in [0.2, 0.25) is 0 Å². The zero-order valence-electron chi connectivity index (χ0n) is 14.1. The van der Waals surface area contributed by atoms with Gasteiger partial charge in [0.1, 0.15) is 5.75 Å². The molecule has 2 rings (SSSR count). The smallest absolute Gasteiger partial charge is 0.189 e. The Morgan fingerprint density at radius 3 is 2.86 bits per heavy atom. The lowest BCUT2D eigenvalue weighted by Gasteiger charge is -2.26. The standard InChI is InChI=1S/C18H29N3O/c1-18(2,3)11-6-7-12-20-17(19)21-15-10-13-22-16-9-5-4-8-14(15)16/h4-5,8-9,15H,6-7,10-13H2,1-3H3,(H3,19,20,21). The maximum atomic E-state index is 6.03. The summed E-state index contributed by atoms with van der Waals surface area (Å²) in [5.41, 5.74) is 7.60. The number of aliphatic imine (C=N–C) groups is 1. The van der Waals surface area contributed by atoms with Crippen molar-refractivity contribution in [2.24, 2.45) is 16.1 Å². The van der Waals surface area contributed by atoms with Gasteiger partial charge in [-0.2, -0.15) is 0 Å². The van der Waals surface area contributed by atoms with Gasteiger partial charge in [-0.3, -0.25) is 4.99 Å². The number of nitrogens with one attached hydrogen (secondary N) is 1. The van der Waals surface area contributed by atoms with Gasteiger partial charge in [-0.25, -0.2) is 0 Å². The molecule has 1 aliphatic heterocycles. The molecular formula is C18H29N3O. The molecule has 1 aromatic rings. The molecule has 0 amide bonds. The second-order valence-corrected chi connectivity index (χ2v) is 7.16. The molecule has 1 heterocycles. The number of guanidine groups is 1. The zero-order chi connectivity index (χ0) is 16.0. The molecule has 0 saturated heterocycles. The number of nitrogens with two attached hydrogens (primary N) is 1. The van der Waals surface area contributed by atoms with Crippen LogP contribution in [0.25, 0.3) is 0 Å². The van der Waals surface area contributed by atoms with Crippen LogP contribution in [0.2, 0.25) is 0 Å². The van der Waals surface area contributed by atoms with Gasteiger partial charge in [0.25, 0.3) is 0 Å². The summed E-state index contributed by atoms with van der Waals surface area (Å²) in [4.78, 5) is 4.45. The predicted octanol–water partition coefficient (Wildman–Crippen LogP) is 3.63. The van der Waals surface area contributed by atoms with E-state index in [2.05, 4.69) is 37.1 Å². The van der Waals surface area contributed by atoms with E-state index in [0.717, 1.165) is 25.1 Å². The molecule has 1 aliphatic rings. The van der Waals surface area contributed by atoms with Crippen LogP contribution in [0.1, 0.15) is 58.1 Å². The van der Waals surface area contributed by atoms with Crippen LogP contribution in [0, 0.1) is 5.41 Å². The lowest BCUT2D eigenvalue weighted by atomic mass is 9.90. The van der Waals surface area contributed by atoms with Gasteiger partial charge in [0, 0.05) is 18.5 Å². The third-order valence-electron chi connectivity index (χ3n) is 3.90. The Bertz CT molecular complexity index is 505. The number of unbranched alkanes of at least 4 members (excludes halogenated alkanes) is 1. The topological polar surface area (TPSA) is 59.6 Å². The van der Waals surface area contributed by atoms with E-state index < -0.39 is 0 Å². The molecule has 122 valence electrons. The Balaban J connectivity index is 1.80. The van der Waals surface area contributed by atoms with Gasteiger partial charge >= 0.3 is 0 Å². The summed E-state index contributed by atoms with van der Waals surface area (Å²) in [6.07, 6.45) is 4.42. The minimum absolute atomic E-state index is 0.197. The van der Waals surface area contributed by atoms with Crippen molar-refractivity contribution < 1.29 is 4.74 Å². The quantitative estimate of drug-likeness (QED) is 0.496. The van der Waals surface area contributed by atoms with E-state index in [-0.39, 0.29) is 6.04 Å². The Hall–Kier alpha value is -1.71. The van der Waals surface area contributed by atoms with Crippen LogP contribution in [0.5, 0.6) is 5.75 Å². The highest BCUT2D eigenvalue weighted by Gasteiger charge is 2.21. The van der Waals surface area contributed by atoms with Crippen molar-refractivity contribution in [3.63, 3.8) is 0 Å². The van der Waals surface area contributed by atoms with Crippen LogP contribution in [-0.4, -0.2) is 19.1 Å². The Labute approximate surface area is 134 Å². The summed E-state index contributed by atoms with van der Waals surface area (Å²) in [5.74, 6) is 1.49. The molecule has 22 heavy (non-hydrogen) atoms. The van der Waals surface area contributed by atoms with Gasteiger partial charge < -0.3 is 15.8 Å². The summed E-state index contributed by atoms with van der Waals surface area (Å²) in [6.45, 7) is 8.33. The van der Waals surface area contributed by atoms with E-state index in [0.29, 0.717) is 18.0 Å². The first kappa shape index (κ1) is 16.7. The molecule has 0 radical (unpaired) electrons. The summed E-state index contributed by atoms with van der Waals surface area (Å²) < 4.78 is 5.66. The molecule has 0 fully saturated rings. The van der Waals surface area contributed by atoms with Crippen LogP contribution < -0.4 is 15.8 Å². The molecule has 0 spiro atoms. The van der Waals surface area contributed by atoms with Crippen LogP contribution in [0.3, 0.4) is 0 Å². The lowest BCUT2D eigenvalue weighted by Crippen LogP contribution is -2.37. The molecule has 0 saturated carbocycles. The minimum Gasteiger partial charge on any atom is -0.493 e. The largest absolute Gasteiger partial charge is 0.493 e. The molecule has 4 nitrogen and oxygen atoms in total. The second kappa shape index (κ2) is 7.52. The molecule has 3 N–H and O–H groups in total. The average molecular weight is 303 g/mol. The number of para-hydroxylation sites is 1. The second-order valence-electron chi connectivity index (χ2n) is 7.16. The maximum Gasteiger partial charge on any atom is 0.189 e. The van der Waals surface area contributed by atoms with E-state index in [4.69, 9.17) is 10.5 Å². The highest BCUT2D eigenvalue weighted by atomic mass is 16.5. The Kier molecular flexibility index (Phi) is 5.69. The van der Waals surface area contributed by atoms with Crippen LogP contribution >= 0.6 is 0 Å². The normalized spacial score (nSPS) is 18.5.